The molecule has 0 radical (unpaired) electrons. The van der Waals surface area contributed by atoms with E-state index in [1.807, 2.05) is 26.8 Å². The largest absolute Gasteiger partial charge is 0.394 e. The molecule has 0 aliphatic carbocycles. The van der Waals surface area contributed by atoms with Crippen LogP contribution >= 0.6 is 0 Å². The lowest BCUT2D eigenvalue weighted by molar-refractivity contribution is 0.172. The van der Waals surface area contributed by atoms with Gasteiger partial charge in [-0.25, -0.2) is 4.79 Å². The Morgan fingerprint density at radius 3 is 2.75 bits per heavy atom. The summed E-state index contributed by atoms with van der Waals surface area (Å²) in [5, 5.41) is 15.2. The van der Waals surface area contributed by atoms with Crippen molar-refractivity contribution < 1.29 is 9.90 Å². The summed E-state index contributed by atoms with van der Waals surface area (Å²) in [7, 11) is 0. The minimum Gasteiger partial charge on any atom is -0.394 e. The van der Waals surface area contributed by atoms with Crippen LogP contribution in [-0.2, 0) is 0 Å². The van der Waals surface area contributed by atoms with Gasteiger partial charge in [-0.15, -0.1) is 0 Å². The molecule has 134 valence electrons. The zero-order chi connectivity index (χ0) is 17.7. The van der Waals surface area contributed by atoms with E-state index in [4.69, 9.17) is 0 Å². The van der Waals surface area contributed by atoms with Gasteiger partial charge in [0.05, 0.1) is 12.1 Å². The SMILES string of the molecule is CCC(C)(CO)NC(=O)Nc1ccc(N2CCCCC2C)cc1C. The number of aliphatic hydroxyl groups excluding tert-OH is 1. The number of hydrogen-bond acceptors (Lipinski definition) is 3. The molecule has 24 heavy (non-hydrogen) atoms. The van der Waals surface area contributed by atoms with Gasteiger partial charge in [-0.2, -0.15) is 0 Å². The Hall–Kier alpha value is -1.75. The lowest BCUT2D eigenvalue weighted by Crippen LogP contribution is -2.50. The summed E-state index contributed by atoms with van der Waals surface area (Å²) in [5.74, 6) is 0. The molecule has 1 saturated heterocycles. The Morgan fingerprint density at radius 2 is 2.17 bits per heavy atom. The number of piperidine rings is 1. The monoisotopic (exact) mass is 333 g/mol. The fourth-order valence-corrected chi connectivity index (χ4v) is 3.12. The van der Waals surface area contributed by atoms with Crippen LogP contribution in [0, 0.1) is 6.92 Å². The highest BCUT2D eigenvalue weighted by Crippen LogP contribution is 2.28. The van der Waals surface area contributed by atoms with E-state index in [1.165, 1.54) is 24.9 Å². The Labute approximate surface area is 145 Å². The van der Waals surface area contributed by atoms with Crippen LogP contribution in [-0.4, -0.2) is 35.9 Å². The van der Waals surface area contributed by atoms with Crippen molar-refractivity contribution in [3.8, 4) is 0 Å². The molecule has 1 aromatic carbocycles. The van der Waals surface area contributed by atoms with Crippen LogP contribution < -0.4 is 15.5 Å². The number of aliphatic hydroxyl groups is 1. The molecular weight excluding hydrogens is 302 g/mol. The van der Waals surface area contributed by atoms with Crippen LogP contribution in [0.4, 0.5) is 16.2 Å². The Balaban J connectivity index is 2.06. The minimum absolute atomic E-state index is 0.0817. The Morgan fingerprint density at radius 1 is 1.42 bits per heavy atom. The number of nitrogens with one attached hydrogen (secondary N) is 2. The van der Waals surface area contributed by atoms with Gasteiger partial charge < -0.3 is 20.6 Å². The number of hydrogen-bond donors (Lipinski definition) is 3. The maximum absolute atomic E-state index is 12.2. The van der Waals surface area contributed by atoms with Crippen LogP contribution in [0.25, 0.3) is 0 Å². The molecule has 0 bridgehead atoms. The number of anilines is 2. The number of carbonyl (C=O) groups excluding carboxylic acids is 1. The topological polar surface area (TPSA) is 64.6 Å². The average Bonchev–Trinajstić information content (AvgIpc) is 2.57. The van der Waals surface area contributed by atoms with Gasteiger partial charge in [-0.3, -0.25) is 0 Å². The van der Waals surface area contributed by atoms with Crippen molar-refractivity contribution in [1.82, 2.24) is 5.32 Å². The first-order valence-corrected chi connectivity index (χ1v) is 8.96. The molecule has 0 aromatic heterocycles. The number of amides is 2. The fourth-order valence-electron chi connectivity index (χ4n) is 3.12. The number of urea groups is 1. The molecule has 1 aliphatic rings. The zero-order valence-corrected chi connectivity index (χ0v) is 15.4. The molecule has 1 aliphatic heterocycles. The summed E-state index contributed by atoms with van der Waals surface area (Å²) in [6.07, 6.45) is 4.44. The number of aryl methyl sites for hydroxylation is 1. The van der Waals surface area contributed by atoms with Crippen LogP contribution in [0.1, 0.15) is 52.0 Å². The molecule has 2 atom stereocenters. The molecule has 5 heteroatoms. The number of nitrogens with zero attached hydrogens (tertiary/aromatic N) is 1. The molecule has 2 unspecified atom stereocenters. The summed E-state index contributed by atoms with van der Waals surface area (Å²) >= 11 is 0. The first-order valence-electron chi connectivity index (χ1n) is 8.96. The van der Waals surface area contributed by atoms with Crippen molar-refractivity contribution in [2.24, 2.45) is 0 Å². The quantitative estimate of drug-likeness (QED) is 0.770. The van der Waals surface area contributed by atoms with Crippen molar-refractivity contribution in [2.75, 3.05) is 23.4 Å². The lowest BCUT2D eigenvalue weighted by atomic mass is 10.0. The second-order valence-corrected chi connectivity index (χ2v) is 7.19. The molecule has 3 N–H and O–H groups in total. The predicted octanol–water partition coefficient (Wildman–Crippen LogP) is 3.66. The van der Waals surface area contributed by atoms with E-state index < -0.39 is 5.54 Å². The van der Waals surface area contributed by atoms with Gasteiger partial charge >= 0.3 is 6.03 Å². The zero-order valence-electron chi connectivity index (χ0n) is 15.4. The van der Waals surface area contributed by atoms with E-state index >= 15 is 0 Å². The second kappa shape index (κ2) is 7.88. The van der Waals surface area contributed by atoms with E-state index in [2.05, 4.69) is 34.6 Å². The van der Waals surface area contributed by atoms with Crippen molar-refractivity contribution in [2.45, 2.75) is 65.0 Å². The molecule has 2 amide bonds. The van der Waals surface area contributed by atoms with Gasteiger partial charge in [0.2, 0.25) is 0 Å². The molecule has 0 spiro atoms. The van der Waals surface area contributed by atoms with Gasteiger partial charge in [-0.05, 0) is 70.2 Å². The fraction of sp³-hybridized carbons (Fsp3) is 0.632. The van der Waals surface area contributed by atoms with Gasteiger partial charge in [0.15, 0.2) is 0 Å². The molecule has 2 rings (SSSR count). The van der Waals surface area contributed by atoms with Crippen LogP contribution in [0.3, 0.4) is 0 Å². The highest BCUT2D eigenvalue weighted by molar-refractivity contribution is 5.90. The van der Waals surface area contributed by atoms with E-state index in [0.29, 0.717) is 12.5 Å². The van der Waals surface area contributed by atoms with Gasteiger partial charge in [0.1, 0.15) is 0 Å². The summed E-state index contributed by atoms with van der Waals surface area (Å²) in [6, 6.07) is 6.47. The molecule has 5 nitrogen and oxygen atoms in total. The smallest absolute Gasteiger partial charge is 0.319 e. The van der Waals surface area contributed by atoms with E-state index in [0.717, 1.165) is 17.8 Å². The Kier molecular flexibility index (Phi) is 6.10. The van der Waals surface area contributed by atoms with E-state index in [-0.39, 0.29) is 12.6 Å². The third kappa shape index (κ3) is 4.41. The van der Waals surface area contributed by atoms with Gasteiger partial charge in [0, 0.05) is 24.0 Å². The summed E-state index contributed by atoms with van der Waals surface area (Å²) in [6.45, 7) is 9.07. The van der Waals surface area contributed by atoms with Crippen molar-refractivity contribution in [1.29, 1.82) is 0 Å². The van der Waals surface area contributed by atoms with E-state index in [9.17, 15) is 9.90 Å². The Bertz CT molecular complexity index is 570. The first-order chi connectivity index (χ1) is 11.4. The van der Waals surface area contributed by atoms with Crippen LogP contribution in [0.15, 0.2) is 18.2 Å². The van der Waals surface area contributed by atoms with Crippen LogP contribution in [0.5, 0.6) is 0 Å². The maximum Gasteiger partial charge on any atom is 0.319 e. The molecule has 1 fully saturated rings. The molecule has 0 saturated carbocycles. The summed E-state index contributed by atoms with van der Waals surface area (Å²) in [5.41, 5.74) is 2.47. The van der Waals surface area contributed by atoms with Crippen LogP contribution in [0.2, 0.25) is 0 Å². The van der Waals surface area contributed by atoms with Crippen molar-refractivity contribution in [3.05, 3.63) is 23.8 Å². The maximum atomic E-state index is 12.2. The summed E-state index contributed by atoms with van der Waals surface area (Å²) < 4.78 is 0. The average molecular weight is 333 g/mol. The molecule has 1 aromatic rings. The van der Waals surface area contributed by atoms with Gasteiger partial charge in [-0.1, -0.05) is 6.92 Å². The van der Waals surface area contributed by atoms with Crippen molar-refractivity contribution in [3.63, 3.8) is 0 Å². The van der Waals surface area contributed by atoms with Gasteiger partial charge in [0.25, 0.3) is 0 Å². The minimum atomic E-state index is -0.596. The first kappa shape index (κ1) is 18.6. The second-order valence-electron chi connectivity index (χ2n) is 7.19. The molecule has 1 heterocycles. The standard InChI is InChI=1S/C19H31N3O2/c1-5-19(4,13-23)21-18(24)20-17-10-9-16(12-14(17)2)22-11-7-6-8-15(22)3/h9-10,12,15,23H,5-8,11,13H2,1-4H3,(H2,20,21,24). The lowest BCUT2D eigenvalue weighted by Gasteiger charge is -2.35. The normalized spacial score (nSPS) is 20.4. The number of rotatable bonds is 5. The predicted molar refractivity (Wildman–Crippen MR) is 99.8 cm³/mol. The summed E-state index contributed by atoms with van der Waals surface area (Å²) in [4.78, 5) is 14.6. The molecular formula is C19H31N3O2. The third-order valence-electron chi connectivity index (χ3n) is 5.14. The van der Waals surface area contributed by atoms with E-state index in [1.54, 1.807) is 0 Å². The highest BCUT2D eigenvalue weighted by Gasteiger charge is 2.23. The highest BCUT2D eigenvalue weighted by atomic mass is 16.3. The third-order valence-corrected chi connectivity index (χ3v) is 5.14. The number of benzene rings is 1. The number of carbonyl (C=O) groups is 1. The van der Waals surface area contributed by atoms with Crippen molar-refractivity contribution >= 4 is 17.4 Å².